The van der Waals surface area contributed by atoms with Crippen molar-refractivity contribution in [2.45, 2.75) is 52.6 Å². The Labute approximate surface area is 110 Å². The molecule has 0 atom stereocenters. The summed E-state index contributed by atoms with van der Waals surface area (Å²) in [5.74, 6) is -0.0156. The van der Waals surface area contributed by atoms with E-state index in [1.54, 1.807) is 0 Å². The van der Waals surface area contributed by atoms with Crippen LogP contribution in [0, 0.1) is 0 Å². The van der Waals surface area contributed by atoms with Gasteiger partial charge in [-0.3, -0.25) is 4.79 Å². The first-order valence-corrected chi connectivity index (χ1v) is 6.74. The molecule has 1 rings (SSSR count). The van der Waals surface area contributed by atoms with Gasteiger partial charge in [-0.2, -0.15) is 0 Å². The van der Waals surface area contributed by atoms with E-state index in [2.05, 4.69) is 24.5 Å². The second-order valence-electron chi connectivity index (χ2n) is 4.87. The fourth-order valence-corrected chi connectivity index (χ4v) is 1.82. The first kappa shape index (κ1) is 14.6. The minimum atomic E-state index is -0.0156. The zero-order valence-electron chi connectivity index (χ0n) is 11.8. The smallest absolute Gasteiger partial charge is 0.251 e. The Morgan fingerprint density at radius 2 is 1.89 bits per heavy atom. The Morgan fingerprint density at radius 3 is 2.44 bits per heavy atom. The minimum absolute atomic E-state index is 0.0156. The van der Waals surface area contributed by atoms with Gasteiger partial charge in [0.1, 0.15) is 0 Å². The summed E-state index contributed by atoms with van der Waals surface area (Å²) >= 11 is 0. The highest BCUT2D eigenvalue weighted by Gasteiger charge is 2.08. The lowest BCUT2D eigenvalue weighted by atomic mass is 10.1. The summed E-state index contributed by atoms with van der Waals surface area (Å²) in [5.41, 5.74) is 1.72. The van der Waals surface area contributed by atoms with Gasteiger partial charge in [-0.05, 0) is 44.9 Å². The number of benzene rings is 1. The average molecular weight is 248 g/mol. The molecule has 0 spiro atoms. The van der Waals surface area contributed by atoms with Gasteiger partial charge < -0.3 is 10.6 Å². The predicted octanol–water partition coefficient (Wildman–Crippen LogP) is 3.43. The van der Waals surface area contributed by atoms with Crippen molar-refractivity contribution in [3.63, 3.8) is 0 Å². The van der Waals surface area contributed by atoms with Crippen LogP contribution in [-0.2, 0) is 0 Å². The van der Waals surface area contributed by atoms with Gasteiger partial charge in [0.2, 0.25) is 0 Å². The maximum Gasteiger partial charge on any atom is 0.251 e. The molecule has 0 saturated carbocycles. The zero-order chi connectivity index (χ0) is 13.5. The third kappa shape index (κ3) is 4.40. The third-order valence-corrected chi connectivity index (χ3v) is 2.90. The molecule has 0 heterocycles. The highest BCUT2D eigenvalue weighted by Crippen LogP contribution is 2.14. The van der Waals surface area contributed by atoms with Crippen LogP contribution in [0.3, 0.4) is 0 Å². The summed E-state index contributed by atoms with van der Waals surface area (Å²) in [6, 6.07) is 8.30. The summed E-state index contributed by atoms with van der Waals surface area (Å²) in [4.78, 5) is 11.9. The quantitative estimate of drug-likeness (QED) is 0.810. The summed E-state index contributed by atoms with van der Waals surface area (Å²) < 4.78 is 0. The minimum Gasteiger partial charge on any atom is -0.382 e. The molecule has 0 unspecified atom stereocenters. The Balaban J connectivity index is 2.75. The van der Waals surface area contributed by atoms with Crippen LogP contribution in [0.1, 0.15) is 50.9 Å². The fourth-order valence-electron chi connectivity index (χ4n) is 1.82. The van der Waals surface area contributed by atoms with Crippen molar-refractivity contribution in [3.8, 4) is 0 Å². The lowest BCUT2D eigenvalue weighted by Gasteiger charge is -2.17. The van der Waals surface area contributed by atoms with Gasteiger partial charge in [0, 0.05) is 23.3 Å². The van der Waals surface area contributed by atoms with Gasteiger partial charge in [0.15, 0.2) is 0 Å². The number of anilines is 1. The third-order valence-electron chi connectivity index (χ3n) is 2.90. The van der Waals surface area contributed by atoms with Crippen molar-refractivity contribution in [3.05, 3.63) is 29.8 Å². The molecule has 3 nitrogen and oxygen atoms in total. The van der Waals surface area contributed by atoms with Crippen LogP contribution in [-0.4, -0.2) is 18.0 Å². The highest BCUT2D eigenvalue weighted by atomic mass is 16.1. The van der Waals surface area contributed by atoms with E-state index in [1.807, 2.05) is 38.1 Å². The Bertz CT molecular complexity index is 384. The van der Waals surface area contributed by atoms with Crippen molar-refractivity contribution in [1.82, 2.24) is 5.32 Å². The van der Waals surface area contributed by atoms with E-state index in [0.29, 0.717) is 11.6 Å². The van der Waals surface area contributed by atoms with Crippen molar-refractivity contribution in [2.75, 3.05) is 5.32 Å². The molecular weight excluding hydrogens is 224 g/mol. The topological polar surface area (TPSA) is 41.1 Å². The molecule has 0 fully saturated rings. The first-order valence-electron chi connectivity index (χ1n) is 6.74. The summed E-state index contributed by atoms with van der Waals surface area (Å²) in [6.45, 7) is 8.25. The molecule has 2 N–H and O–H groups in total. The lowest BCUT2D eigenvalue weighted by molar-refractivity contribution is 0.0943. The van der Waals surface area contributed by atoms with E-state index >= 15 is 0 Å². The normalized spacial score (nSPS) is 10.8. The zero-order valence-corrected chi connectivity index (χ0v) is 11.8. The van der Waals surface area contributed by atoms with Crippen LogP contribution in [0.2, 0.25) is 0 Å². The van der Waals surface area contributed by atoms with Gasteiger partial charge in [-0.1, -0.05) is 19.9 Å². The van der Waals surface area contributed by atoms with Crippen molar-refractivity contribution >= 4 is 11.6 Å². The first-order chi connectivity index (χ1) is 8.56. The highest BCUT2D eigenvalue weighted by molar-refractivity contribution is 5.95. The lowest BCUT2D eigenvalue weighted by Crippen LogP contribution is -2.30. The second-order valence-corrected chi connectivity index (χ2v) is 4.87. The van der Waals surface area contributed by atoms with E-state index < -0.39 is 0 Å². The monoisotopic (exact) mass is 248 g/mol. The molecule has 0 aliphatic rings. The Morgan fingerprint density at radius 1 is 1.22 bits per heavy atom. The van der Waals surface area contributed by atoms with Crippen molar-refractivity contribution < 1.29 is 4.79 Å². The number of hydrogen-bond acceptors (Lipinski definition) is 2. The van der Waals surface area contributed by atoms with Crippen molar-refractivity contribution in [2.24, 2.45) is 0 Å². The van der Waals surface area contributed by atoms with Gasteiger partial charge in [0.05, 0.1) is 0 Å². The maximum atomic E-state index is 11.9. The van der Waals surface area contributed by atoms with Crippen molar-refractivity contribution in [1.29, 1.82) is 0 Å². The van der Waals surface area contributed by atoms with E-state index in [-0.39, 0.29) is 11.9 Å². The Hall–Kier alpha value is -1.51. The molecule has 0 saturated heterocycles. The molecule has 0 aliphatic carbocycles. The molecule has 3 heteroatoms. The molecule has 1 aromatic carbocycles. The van der Waals surface area contributed by atoms with Crippen LogP contribution >= 0.6 is 0 Å². The molecule has 0 aliphatic heterocycles. The summed E-state index contributed by atoms with van der Waals surface area (Å²) in [5, 5.41) is 6.35. The molecule has 100 valence electrons. The molecule has 0 bridgehead atoms. The van der Waals surface area contributed by atoms with Crippen LogP contribution < -0.4 is 10.6 Å². The molecule has 0 radical (unpaired) electrons. The second kappa shape index (κ2) is 7.04. The predicted molar refractivity (Wildman–Crippen MR) is 77.0 cm³/mol. The standard InChI is InChI=1S/C15H24N2O/c1-5-13(6-2)17-14-9-7-8-12(10-14)15(18)16-11(3)4/h7-11,13,17H,5-6H2,1-4H3,(H,16,18). The van der Waals surface area contributed by atoms with E-state index in [4.69, 9.17) is 0 Å². The number of hydrogen-bond donors (Lipinski definition) is 2. The molecule has 1 amide bonds. The molecular formula is C15H24N2O. The largest absolute Gasteiger partial charge is 0.382 e. The fraction of sp³-hybridized carbons (Fsp3) is 0.533. The van der Waals surface area contributed by atoms with Crippen LogP contribution in [0.4, 0.5) is 5.69 Å². The van der Waals surface area contributed by atoms with Crippen LogP contribution in [0.15, 0.2) is 24.3 Å². The van der Waals surface area contributed by atoms with Crippen LogP contribution in [0.5, 0.6) is 0 Å². The number of amides is 1. The number of nitrogens with one attached hydrogen (secondary N) is 2. The SMILES string of the molecule is CCC(CC)Nc1cccc(C(=O)NC(C)C)c1. The molecule has 1 aromatic rings. The van der Waals surface area contributed by atoms with Gasteiger partial charge in [-0.15, -0.1) is 0 Å². The Kier molecular flexibility index (Phi) is 5.69. The molecule has 0 aromatic heterocycles. The number of carbonyl (C=O) groups excluding carboxylic acids is 1. The van der Waals surface area contributed by atoms with E-state index in [1.165, 1.54) is 0 Å². The average Bonchev–Trinajstić information content (AvgIpc) is 2.35. The number of rotatable bonds is 6. The number of carbonyl (C=O) groups is 1. The summed E-state index contributed by atoms with van der Waals surface area (Å²) in [7, 11) is 0. The maximum absolute atomic E-state index is 11.9. The van der Waals surface area contributed by atoms with E-state index in [9.17, 15) is 4.79 Å². The summed E-state index contributed by atoms with van der Waals surface area (Å²) in [6.07, 6.45) is 2.16. The van der Waals surface area contributed by atoms with Gasteiger partial charge >= 0.3 is 0 Å². The van der Waals surface area contributed by atoms with Gasteiger partial charge in [-0.25, -0.2) is 0 Å². The van der Waals surface area contributed by atoms with E-state index in [0.717, 1.165) is 18.5 Å². The van der Waals surface area contributed by atoms with Gasteiger partial charge in [0.25, 0.3) is 5.91 Å². The molecule has 18 heavy (non-hydrogen) atoms. The van der Waals surface area contributed by atoms with Crippen LogP contribution in [0.25, 0.3) is 0 Å².